The number of unbranched alkanes of at least 4 members (excludes halogenated alkanes) is 8. The molecule has 220 valence electrons. The quantitative estimate of drug-likeness (QED) is 0.191. The first-order chi connectivity index (χ1) is 20.0. The summed E-state index contributed by atoms with van der Waals surface area (Å²) in [5.74, 6) is 1.02. The van der Waals surface area contributed by atoms with Gasteiger partial charge in [0.25, 0.3) is 5.91 Å². The summed E-state index contributed by atoms with van der Waals surface area (Å²) < 4.78 is 7.61. The Kier molecular flexibility index (Phi) is 11.5. The summed E-state index contributed by atoms with van der Waals surface area (Å²) in [6.07, 6.45) is 11.9. The highest BCUT2D eigenvalue weighted by atomic mass is 16.5. The Morgan fingerprint density at radius 1 is 0.756 bits per heavy atom. The number of hydrogen-bond acceptors (Lipinski definition) is 3. The fourth-order valence-corrected chi connectivity index (χ4v) is 5.80. The van der Waals surface area contributed by atoms with Gasteiger partial charge in [0.05, 0.1) is 18.4 Å². The Morgan fingerprint density at radius 2 is 1.39 bits per heavy atom. The van der Waals surface area contributed by atoms with Crippen LogP contribution in [0.4, 0.5) is 0 Å². The average Bonchev–Trinajstić information content (AvgIpc) is 3.37. The van der Waals surface area contributed by atoms with Crippen molar-refractivity contribution in [3.05, 3.63) is 71.9 Å². The predicted octanol–water partition coefficient (Wildman–Crippen LogP) is 7.67. The number of hydrogen-bond donors (Lipinski definition) is 0. The Bertz CT molecular complexity index is 1260. The van der Waals surface area contributed by atoms with Crippen LogP contribution in [0.1, 0.15) is 87.2 Å². The van der Waals surface area contributed by atoms with Gasteiger partial charge in [-0.2, -0.15) is 0 Å². The number of carbonyl (C=O) groups excluding carboxylic acids is 2. The van der Waals surface area contributed by atoms with E-state index in [2.05, 4.69) is 23.6 Å². The number of methoxy groups -OCH3 is 1. The second kappa shape index (κ2) is 15.5. The Morgan fingerprint density at radius 3 is 2.05 bits per heavy atom. The number of piperazine rings is 1. The topological polar surface area (TPSA) is 54.8 Å². The van der Waals surface area contributed by atoms with Crippen molar-refractivity contribution in [2.45, 2.75) is 78.1 Å². The van der Waals surface area contributed by atoms with Gasteiger partial charge in [-0.1, -0.05) is 94.7 Å². The van der Waals surface area contributed by atoms with E-state index < -0.39 is 0 Å². The third kappa shape index (κ3) is 8.02. The molecule has 2 aromatic carbocycles. The van der Waals surface area contributed by atoms with Crippen LogP contribution in [0, 0.1) is 6.92 Å². The van der Waals surface area contributed by atoms with Gasteiger partial charge in [0.2, 0.25) is 5.91 Å². The van der Waals surface area contributed by atoms with Crippen molar-refractivity contribution in [3.63, 3.8) is 0 Å². The molecule has 1 fully saturated rings. The van der Waals surface area contributed by atoms with Gasteiger partial charge in [-0.15, -0.1) is 0 Å². The SMILES string of the molecule is CCCCCCCCCCCC(=O)N1CCN(C(=O)c2cc(-c3ccccc3)n(-c3cccc(OC)c3)c2C)CC1. The van der Waals surface area contributed by atoms with Crippen molar-refractivity contribution in [1.29, 1.82) is 0 Å². The fraction of sp³-hybridized carbons (Fsp3) is 0.486. The van der Waals surface area contributed by atoms with Crippen LogP contribution in [0.2, 0.25) is 0 Å². The van der Waals surface area contributed by atoms with Gasteiger partial charge in [-0.25, -0.2) is 0 Å². The first-order valence-electron chi connectivity index (χ1n) is 15.5. The second-order valence-electron chi connectivity index (χ2n) is 11.2. The van der Waals surface area contributed by atoms with Crippen LogP contribution in [0.25, 0.3) is 16.9 Å². The average molecular weight is 558 g/mol. The number of aromatic nitrogens is 1. The van der Waals surface area contributed by atoms with E-state index in [1.54, 1.807) is 7.11 Å². The number of ether oxygens (including phenoxy) is 1. The smallest absolute Gasteiger partial charge is 0.255 e. The molecule has 6 nitrogen and oxygen atoms in total. The molecule has 1 aliphatic rings. The fourth-order valence-electron chi connectivity index (χ4n) is 5.80. The summed E-state index contributed by atoms with van der Waals surface area (Å²) in [7, 11) is 1.66. The normalized spacial score (nSPS) is 13.4. The minimum Gasteiger partial charge on any atom is -0.497 e. The molecule has 2 amide bonds. The number of amides is 2. The molecule has 1 aliphatic heterocycles. The zero-order valence-electron chi connectivity index (χ0n) is 25.2. The number of rotatable bonds is 14. The van der Waals surface area contributed by atoms with Gasteiger partial charge < -0.3 is 19.1 Å². The molecule has 0 radical (unpaired) electrons. The van der Waals surface area contributed by atoms with E-state index in [9.17, 15) is 9.59 Å². The lowest BCUT2D eigenvalue weighted by Gasteiger charge is -2.35. The largest absolute Gasteiger partial charge is 0.497 e. The summed E-state index contributed by atoms with van der Waals surface area (Å²) in [6, 6.07) is 20.1. The van der Waals surface area contributed by atoms with Crippen LogP contribution in [0.3, 0.4) is 0 Å². The Hall–Kier alpha value is -3.54. The van der Waals surface area contributed by atoms with Gasteiger partial charge in [0, 0.05) is 50.0 Å². The Balaban J connectivity index is 1.35. The summed E-state index contributed by atoms with van der Waals surface area (Å²) >= 11 is 0. The van der Waals surface area contributed by atoms with Crippen molar-refractivity contribution < 1.29 is 14.3 Å². The number of benzene rings is 2. The maximum absolute atomic E-state index is 13.8. The molecular formula is C35H47N3O3. The molecule has 0 unspecified atom stereocenters. The van der Waals surface area contributed by atoms with Gasteiger partial charge in [-0.3, -0.25) is 9.59 Å². The second-order valence-corrected chi connectivity index (χ2v) is 11.2. The molecule has 41 heavy (non-hydrogen) atoms. The molecule has 2 heterocycles. The third-order valence-corrected chi connectivity index (χ3v) is 8.27. The molecule has 1 aromatic heterocycles. The number of carbonyl (C=O) groups is 2. The first-order valence-corrected chi connectivity index (χ1v) is 15.5. The van der Waals surface area contributed by atoms with E-state index in [4.69, 9.17) is 4.74 Å². The van der Waals surface area contributed by atoms with E-state index in [1.807, 2.05) is 65.3 Å². The lowest BCUT2D eigenvalue weighted by molar-refractivity contribution is -0.132. The van der Waals surface area contributed by atoms with Crippen LogP contribution in [-0.2, 0) is 4.79 Å². The maximum Gasteiger partial charge on any atom is 0.255 e. The standard InChI is InChI=1S/C35H47N3O3/c1-4-5-6-7-8-9-10-11-15-21-34(39)36-22-24-37(25-23-36)35(40)32-27-33(29-17-13-12-14-18-29)38(28(32)2)30-19-16-20-31(26-30)41-3/h12-14,16-20,26-27H,4-11,15,21-25H2,1-3H3. The molecule has 0 aliphatic carbocycles. The van der Waals surface area contributed by atoms with E-state index in [0.29, 0.717) is 38.2 Å². The highest BCUT2D eigenvalue weighted by molar-refractivity contribution is 5.97. The summed E-state index contributed by atoms with van der Waals surface area (Å²) in [5, 5.41) is 0. The van der Waals surface area contributed by atoms with Crippen LogP contribution in [0.5, 0.6) is 5.75 Å². The number of nitrogens with zero attached hydrogens (tertiary/aromatic N) is 3. The van der Waals surface area contributed by atoms with Crippen LogP contribution < -0.4 is 4.74 Å². The zero-order chi connectivity index (χ0) is 29.0. The zero-order valence-corrected chi connectivity index (χ0v) is 25.2. The lowest BCUT2D eigenvalue weighted by atomic mass is 10.1. The molecule has 6 heteroatoms. The first kappa shape index (κ1) is 30.4. The minimum atomic E-state index is 0.0207. The van der Waals surface area contributed by atoms with Crippen molar-refractivity contribution in [3.8, 4) is 22.7 Å². The van der Waals surface area contributed by atoms with Crippen molar-refractivity contribution >= 4 is 11.8 Å². The third-order valence-electron chi connectivity index (χ3n) is 8.27. The van der Waals surface area contributed by atoms with Gasteiger partial charge >= 0.3 is 0 Å². The predicted molar refractivity (Wildman–Crippen MR) is 167 cm³/mol. The highest BCUT2D eigenvalue weighted by Gasteiger charge is 2.28. The summed E-state index contributed by atoms with van der Waals surface area (Å²) in [5.41, 5.74) is 4.55. The molecule has 1 saturated heterocycles. The highest BCUT2D eigenvalue weighted by Crippen LogP contribution is 2.31. The maximum atomic E-state index is 13.8. The monoisotopic (exact) mass is 557 g/mol. The van der Waals surface area contributed by atoms with Crippen LogP contribution in [0.15, 0.2) is 60.7 Å². The molecule has 0 bridgehead atoms. The van der Waals surface area contributed by atoms with Crippen LogP contribution >= 0.6 is 0 Å². The Labute approximate surface area is 246 Å². The van der Waals surface area contributed by atoms with E-state index in [0.717, 1.165) is 41.2 Å². The molecule has 0 saturated carbocycles. The van der Waals surface area contributed by atoms with E-state index in [-0.39, 0.29) is 11.8 Å². The van der Waals surface area contributed by atoms with Gasteiger partial charge in [-0.05, 0) is 37.1 Å². The minimum absolute atomic E-state index is 0.0207. The molecule has 3 aromatic rings. The summed E-state index contributed by atoms with van der Waals surface area (Å²) in [4.78, 5) is 30.5. The molecular weight excluding hydrogens is 510 g/mol. The van der Waals surface area contributed by atoms with Crippen molar-refractivity contribution in [2.75, 3.05) is 33.3 Å². The van der Waals surface area contributed by atoms with Crippen molar-refractivity contribution in [1.82, 2.24) is 14.4 Å². The summed E-state index contributed by atoms with van der Waals surface area (Å²) in [6.45, 7) is 6.58. The van der Waals surface area contributed by atoms with E-state index >= 15 is 0 Å². The van der Waals surface area contributed by atoms with Crippen molar-refractivity contribution in [2.24, 2.45) is 0 Å². The van der Waals surface area contributed by atoms with Gasteiger partial charge in [0.15, 0.2) is 0 Å². The molecule has 0 spiro atoms. The molecule has 4 rings (SSSR count). The molecule has 0 N–H and O–H groups in total. The van der Waals surface area contributed by atoms with Crippen LogP contribution in [-0.4, -0.2) is 59.5 Å². The molecule has 0 atom stereocenters. The van der Waals surface area contributed by atoms with Gasteiger partial charge in [0.1, 0.15) is 5.75 Å². The lowest BCUT2D eigenvalue weighted by Crippen LogP contribution is -2.50. The van der Waals surface area contributed by atoms with E-state index in [1.165, 1.54) is 44.9 Å².